The number of hydrogen-bond acceptors (Lipinski definition) is 2. The first kappa shape index (κ1) is 13.6. The Bertz CT molecular complexity index is 722. The summed E-state index contributed by atoms with van der Waals surface area (Å²) in [6.07, 6.45) is 2.06. The minimum absolute atomic E-state index is 0.725. The Morgan fingerprint density at radius 2 is 1.71 bits per heavy atom. The smallest absolute Gasteiger partial charge is 0.130 e. The highest BCUT2D eigenvalue weighted by atomic mass is 16.5. The molecule has 0 spiro atoms. The maximum atomic E-state index is 5.98. The Labute approximate surface area is 125 Å². The molecule has 2 heteroatoms. The van der Waals surface area contributed by atoms with Gasteiger partial charge < -0.3 is 4.74 Å². The van der Waals surface area contributed by atoms with Crippen molar-refractivity contribution < 1.29 is 4.74 Å². The van der Waals surface area contributed by atoms with Crippen molar-refractivity contribution in [2.24, 2.45) is 0 Å². The maximum Gasteiger partial charge on any atom is 0.130 e. The average molecular weight is 277 g/mol. The Morgan fingerprint density at radius 1 is 0.952 bits per heavy atom. The first-order valence-corrected chi connectivity index (χ1v) is 7.36. The number of fused-ring (bicyclic) bond motifs is 1. The van der Waals surface area contributed by atoms with Crippen molar-refractivity contribution in [1.29, 1.82) is 0 Å². The number of aromatic nitrogens is 1. The van der Waals surface area contributed by atoms with Gasteiger partial charge in [0.1, 0.15) is 5.75 Å². The van der Waals surface area contributed by atoms with Gasteiger partial charge in [-0.15, -0.1) is 0 Å². The van der Waals surface area contributed by atoms with Gasteiger partial charge in [-0.2, -0.15) is 0 Å². The fraction of sp³-hybridized carbons (Fsp3) is 0.211. The van der Waals surface area contributed by atoms with Crippen molar-refractivity contribution in [2.75, 3.05) is 6.61 Å². The molecule has 0 saturated carbocycles. The molecule has 0 saturated heterocycles. The lowest BCUT2D eigenvalue weighted by molar-refractivity contribution is 0.314. The molecule has 2 aromatic carbocycles. The van der Waals surface area contributed by atoms with Crippen LogP contribution in [-0.4, -0.2) is 11.6 Å². The summed E-state index contributed by atoms with van der Waals surface area (Å²) in [5, 5.41) is 1.09. The van der Waals surface area contributed by atoms with Crippen molar-refractivity contribution in [3.8, 4) is 5.75 Å². The predicted octanol–water partition coefficient (Wildman–Crippen LogP) is 4.55. The van der Waals surface area contributed by atoms with E-state index in [9.17, 15) is 0 Å². The molecule has 0 fully saturated rings. The van der Waals surface area contributed by atoms with Gasteiger partial charge >= 0.3 is 0 Å². The number of para-hydroxylation sites is 1. The third-order valence-electron chi connectivity index (χ3n) is 3.52. The summed E-state index contributed by atoms with van der Waals surface area (Å²) in [5.41, 5.74) is 3.35. The number of rotatable bonds is 5. The molecular formula is C19H19NO. The van der Waals surface area contributed by atoms with Crippen molar-refractivity contribution in [2.45, 2.75) is 19.8 Å². The van der Waals surface area contributed by atoms with Crippen LogP contribution in [0, 0.1) is 6.92 Å². The SMILES string of the molecule is Cc1cc(OCCCc2ccccc2)c2ccccc2n1. The highest BCUT2D eigenvalue weighted by molar-refractivity contribution is 5.85. The Morgan fingerprint density at radius 3 is 2.57 bits per heavy atom. The Kier molecular flexibility index (Phi) is 4.15. The second-order valence-electron chi connectivity index (χ2n) is 5.22. The molecule has 3 rings (SSSR count). The lowest BCUT2D eigenvalue weighted by Gasteiger charge is -2.10. The van der Waals surface area contributed by atoms with E-state index in [-0.39, 0.29) is 0 Å². The van der Waals surface area contributed by atoms with E-state index in [4.69, 9.17) is 4.74 Å². The summed E-state index contributed by atoms with van der Waals surface area (Å²) in [4.78, 5) is 4.53. The van der Waals surface area contributed by atoms with Gasteiger partial charge in [-0.25, -0.2) is 0 Å². The normalized spacial score (nSPS) is 10.7. The van der Waals surface area contributed by atoms with Crippen LogP contribution in [0.25, 0.3) is 10.9 Å². The van der Waals surface area contributed by atoms with Gasteiger partial charge in [0.05, 0.1) is 12.1 Å². The number of pyridine rings is 1. The van der Waals surface area contributed by atoms with Gasteiger partial charge in [0, 0.05) is 17.1 Å². The number of hydrogen-bond donors (Lipinski definition) is 0. The summed E-state index contributed by atoms with van der Waals surface area (Å²) in [6.45, 7) is 2.73. The van der Waals surface area contributed by atoms with E-state index in [1.165, 1.54) is 5.56 Å². The second-order valence-corrected chi connectivity index (χ2v) is 5.22. The minimum atomic E-state index is 0.725. The van der Waals surface area contributed by atoms with E-state index in [1.807, 2.05) is 37.3 Å². The van der Waals surface area contributed by atoms with Gasteiger partial charge in [-0.1, -0.05) is 42.5 Å². The molecule has 1 aromatic heterocycles. The van der Waals surface area contributed by atoms with Crippen LogP contribution in [0.3, 0.4) is 0 Å². The molecule has 0 amide bonds. The molecule has 106 valence electrons. The monoisotopic (exact) mass is 277 g/mol. The molecule has 0 atom stereocenters. The summed E-state index contributed by atoms with van der Waals surface area (Å²) in [5.74, 6) is 0.936. The van der Waals surface area contributed by atoms with Crippen LogP contribution in [0.2, 0.25) is 0 Å². The van der Waals surface area contributed by atoms with Crippen molar-refractivity contribution in [1.82, 2.24) is 4.98 Å². The van der Waals surface area contributed by atoms with E-state index in [2.05, 4.69) is 35.3 Å². The van der Waals surface area contributed by atoms with Gasteiger partial charge in [0.15, 0.2) is 0 Å². The quantitative estimate of drug-likeness (QED) is 0.638. The molecule has 21 heavy (non-hydrogen) atoms. The number of nitrogens with zero attached hydrogens (tertiary/aromatic N) is 1. The molecule has 0 N–H and O–H groups in total. The van der Waals surface area contributed by atoms with Gasteiger partial charge in [-0.05, 0) is 37.5 Å². The second kappa shape index (κ2) is 6.40. The molecular weight excluding hydrogens is 258 g/mol. The van der Waals surface area contributed by atoms with E-state index < -0.39 is 0 Å². The third kappa shape index (κ3) is 3.40. The van der Waals surface area contributed by atoms with Gasteiger partial charge in [0.2, 0.25) is 0 Å². The fourth-order valence-electron chi connectivity index (χ4n) is 2.49. The van der Waals surface area contributed by atoms with E-state index in [1.54, 1.807) is 0 Å². The van der Waals surface area contributed by atoms with Crippen LogP contribution in [0.1, 0.15) is 17.7 Å². The first-order chi connectivity index (χ1) is 10.3. The van der Waals surface area contributed by atoms with E-state index in [0.717, 1.165) is 41.8 Å². The maximum absolute atomic E-state index is 5.98. The van der Waals surface area contributed by atoms with Gasteiger partial charge in [0.25, 0.3) is 0 Å². The molecule has 2 nitrogen and oxygen atoms in total. The largest absolute Gasteiger partial charge is 0.493 e. The van der Waals surface area contributed by atoms with Crippen LogP contribution in [-0.2, 0) is 6.42 Å². The molecule has 0 aliphatic heterocycles. The molecule has 0 unspecified atom stereocenters. The Balaban J connectivity index is 1.65. The molecule has 0 radical (unpaired) electrons. The molecule has 0 aliphatic carbocycles. The van der Waals surface area contributed by atoms with Crippen LogP contribution in [0.15, 0.2) is 60.7 Å². The number of ether oxygens (including phenoxy) is 1. The lowest BCUT2D eigenvalue weighted by atomic mass is 10.1. The van der Waals surface area contributed by atoms with Crippen LogP contribution in [0.5, 0.6) is 5.75 Å². The molecule has 0 aliphatic rings. The number of aryl methyl sites for hydroxylation is 2. The fourth-order valence-corrected chi connectivity index (χ4v) is 2.49. The third-order valence-corrected chi connectivity index (χ3v) is 3.52. The summed E-state index contributed by atoms with van der Waals surface area (Å²) in [7, 11) is 0. The topological polar surface area (TPSA) is 22.1 Å². The zero-order valence-corrected chi connectivity index (χ0v) is 12.3. The standard InChI is InChI=1S/C19H19NO/c1-15-14-19(17-11-5-6-12-18(17)20-15)21-13-7-10-16-8-3-2-4-9-16/h2-6,8-9,11-12,14H,7,10,13H2,1H3. The van der Waals surface area contributed by atoms with Crippen LogP contribution >= 0.6 is 0 Å². The van der Waals surface area contributed by atoms with Crippen molar-refractivity contribution >= 4 is 10.9 Å². The average Bonchev–Trinajstić information content (AvgIpc) is 2.52. The van der Waals surface area contributed by atoms with Crippen molar-refractivity contribution in [3.05, 3.63) is 71.9 Å². The lowest BCUT2D eigenvalue weighted by Crippen LogP contribution is -2.01. The van der Waals surface area contributed by atoms with Crippen molar-refractivity contribution in [3.63, 3.8) is 0 Å². The summed E-state index contributed by atoms with van der Waals surface area (Å²) >= 11 is 0. The van der Waals surface area contributed by atoms with Crippen LogP contribution in [0.4, 0.5) is 0 Å². The highest BCUT2D eigenvalue weighted by Crippen LogP contribution is 2.25. The molecule has 3 aromatic rings. The highest BCUT2D eigenvalue weighted by Gasteiger charge is 2.04. The van der Waals surface area contributed by atoms with Gasteiger partial charge in [-0.3, -0.25) is 4.98 Å². The zero-order chi connectivity index (χ0) is 14.5. The predicted molar refractivity (Wildman–Crippen MR) is 86.7 cm³/mol. The summed E-state index contributed by atoms with van der Waals surface area (Å²) < 4.78 is 5.98. The number of benzene rings is 2. The zero-order valence-electron chi connectivity index (χ0n) is 12.3. The van der Waals surface area contributed by atoms with Crippen LogP contribution < -0.4 is 4.74 Å². The van der Waals surface area contributed by atoms with E-state index in [0.29, 0.717) is 0 Å². The Hall–Kier alpha value is -2.35. The van der Waals surface area contributed by atoms with E-state index >= 15 is 0 Å². The summed E-state index contributed by atoms with van der Waals surface area (Å²) in [6, 6.07) is 20.7. The first-order valence-electron chi connectivity index (χ1n) is 7.36. The minimum Gasteiger partial charge on any atom is -0.493 e. The molecule has 0 bridgehead atoms. The molecule has 1 heterocycles.